The van der Waals surface area contributed by atoms with E-state index in [1.807, 2.05) is 13.8 Å². The standard InChI is InChI=1S/C12H23N3O2/c1-8(2)6-14-12(17)9(3)15-7-10(13)4-5-11(15)16/h8-10H,4-7,13H2,1-3H3,(H,14,17)/t9-,10+/m0/s1. The zero-order chi connectivity index (χ0) is 13.0. The molecule has 0 bridgehead atoms. The number of nitrogens with two attached hydrogens (primary N) is 1. The fraction of sp³-hybridized carbons (Fsp3) is 0.833. The molecular formula is C12H23N3O2. The summed E-state index contributed by atoms with van der Waals surface area (Å²) < 4.78 is 0. The summed E-state index contributed by atoms with van der Waals surface area (Å²) in [5.41, 5.74) is 5.82. The Hall–Kier alpha value is -1.10. The maximum Gasteiger partial charge on any atom is 0.242 e. The van der Waals surface area contributed by atoms with Crippen LogP contribution in [-0.2, 0) is 9.59 Å². The van der Waals surface area contributed by atoms with Crippen molar-refractivity contribution in [2.75, 3.05) is 13.1 Å². The molecule has 0 aromatic heterocycles. The van der Waals surface area contributed by atoms with Gasteiger partial charge < -0.3 is 16.0 Å². The van der Waals surface area contributed by atoms with Crippen molar-refractivity contribution in [1.29, 1.82) is 0 Å². The largest absolute Gasteiger partial charge is 0.354 e. The quantitative estimate of drug-likeness (QED) is 0.733. The van der Waals surface area contributed by atoms with Gasteiger partial charge in [-0.15, -0.1) is 0 Å². The molecule has 1 fully saturated rings. The predicted molar refractivity (Wildman–Crippen MR) is 66.2 cm³/mol. The molecule has 2 amide bonds. The lowest BCUT2D eigenvalue weighted by atomic mass is 10.0. The first-order valence-corrected chi connectivity index (χ1v) is 6.24. The van der Waals surface area contributed by atoms with Gasteiger partial charge in [-0.3, -0.25) is 9.59 Å². The molecule has 0 aromatic rings. The molecule has 1 heterocycles. The third-order valence-electron chi connectivity index (χ3n) is 3.01. The Morgan fingerprint density at radius 1 is 1.53 bits per heavy atom. The number of nitrogens with one attached hydrogen (secondary N) is 1. The molecule has 0 spiro atoms. The third-order valence-corrected chi connectivity index (χ3v) is 3.01. The molecule has 5 nitrogen and oxygen atoms in total. The highest BCUT2D eigenvalue weighted by molar-refractivity contribution is 5.87. The average Bonchev–Trinajstić information content (AvgIpc) is 2.28. The molecule has 17 heavy (non-hydrogen) atoms. The monoisotopic (exact) mass is 241 g/mol. The summed E-state index contributed by atoms with van der Waals surface area (Å²) in [4.78, 5) is 25.2. The van der Waals surface area contributed by atoms with Crippen molar-refractivity contribution < 1.29 is 9.59 Å². The highest BCUT2D eigenvalue weighted by Crippen LogP contribution is 2.13. The van der Waals surface area contributed by atoms with E-state index in [2.05, 4.69) is 5.32 Å². The molecule has 0 radical (unpaired) electrons. The van der Waals surface area contributed by atoms with Gasteiger partial charge in [-0.2, -0.15) is 0 Å². The zero-order valence-corrected chi connectivity index (χ0v) is 10.9. The second-order valence-electron chi connectivity index (χ2n) is 5.16. The van der Waals surface area contributed by atoms with Crippen LogP contribution in [0.2, 0.25) is 0 Å². The molecule has 0 saturated carbocycles. The van der Waals surface area contributed by atoms with E-state index < -0.39 is 6.04 Å². The summed E-state index contributed by atoms with van der Waals surface area (Å²) in [6.07, 6.45) is 1.17. The van der Waals surface area contributed by atoms with Crippen molar-refractivity contribution in [3.63, 3.8) is 0 Å². The Bertz CT molecular complexity index is 291. The summed E-state index contributed by atoms with van der Waals surface area (Å²) in [6.45, 7) is 6.94. The van der Waals surface area contributed by atoms with E-state index in [1.54, 1.807) is 11.8 Å². The van der Waals surface area contributed by atoms with Crippen molar-refractivity contribution in [1.82, 2.24) is 10.2 Å². The summed E-state index contributed by atoms with van der Waals surface area (Å²) in [5.74, 6) is 0.338. The molecule has 0 aliphatic carbocycles. The van der Waals surface area contributed by atoms with Crippen molar-refractivity contribution in [3.8, 4) is 0 Å². The van der Waals surface area contributed by atoms with Gasteiger partial charge in [0.15, 0.2) is 0 Å². The summed E-state index contributed by atoms with van der Waals surface area (Å²) in [6, 6.07) is -0.430. The van der Waals surface area contributed by atoms with Crippen molar-refractivity contribution in [3.05, 3.63) is 0 Å². The predicted octanol–water partition coefficient (Wildman–Crippen LogP) is 0.0968. The van der Waals surface area contributed by atoms with Crippen LogP contribution in [0.4, 0.5) is 0 Å². The maximum atomic E-state index is 11.9. The van der Waals surface area contributed by atoms with Gasteiger partial charge in [-0.25, -0.2) is 0 Å². The number of hydrogen-bond acceptors (Lipinski definition) is 3. The first-order valence-electron chi connectivity index (χ1n) is 6.24. The molecule has 98 valence electrons. The zero-order valence-electron chi connectivity index (χ0n) is 10.9. The van der Waals surface area contributed by atoms with Crippen LogP contribution in [0.3, 0.4) is 0 Å². The van der Waals surface area contributed by atoms with E-state index >= 15 is 0 Å². The van der Waals surface area contributed by atoms with Crippen LogP contribution in [0.1, 0.15) is 33.6 Å². The van der Waals surface area contributed by atoms with E-state index in [1.165, 1.54) is 0 Å². The number of carbonyl (C=O) groups excluding carboxylic acids is 2. The minimum atomic E-state index is -0.424. The van der Waals surface area contributed by atoms with Gasteiger partial charge >= 0.3 is 0 Å². The van der Waals surface area contributed by atoms with E-state index in [9.17, 15) is 9.59 Å². The summed E-state index contributed by atoms with van der Waals surface area (Å²) in [7, 11) is 0. The Labute approximate surface area is 103 Å². The lowest BCUT2D eigenvalue weighted by molar-refractivity contribution is -0.142. The highest BCUT2D eigenvalue weighted by atomic mass is 16.2. The van der Waals surface area contributed by atoms with Crippen molar-refractivity contribution in [2.45, 2.75) is 45.7 Å². The van der Waals surface area contributed by atoms with Crippen LogP contribution in [-0.4, -0.2) is 41.9 Å². The first kappa shape index (κ1) is 14.0. The molecule has 0 unspecified atom stereocenters. The lowest BCUT2D eigenvalue weighted by Crippen LogP contribution is -2.54. The number of hydrogen-bond donors (Lipinski definition) is 2. The van der Waals surface area contributed by atoms with Gasteiger partial charge in [-0.05, 0) is 19.3 Å². The number of nitrogens with zero attached hydrogens (tertiary/aromatic N) is 1. The second kappa shape index (κ2) is 6.00. The summed E-state index contributed by atoms with van der Waals surface area (Å²) >= 11 is 0. The van der Waals surface area contributed by atoms with E-state index in [0.29, 0.717) is 25.4 Å². The Morgan fingerprint density at radius 2 is 2.18 bits per heavy atom. The molecule has 1 aliphatic heterocycles. The topological polar surface area (TPSA) is 75.4 Å². The molecule has 1 rings (SSSR count). The number of rotatable bonds is 4. The van der Waals surface area contributed by atoms with Crippen LogP contribution in [0, 0.1) is 5.92 Å². The minimum absolute atomic E-state index is 0.00644. The number of piperidine rings is 1. The smallest absolute Gasteiger partial charge is 0.242 e. The number of likely N-dealkylation sites (tertiary alicyclic amines) is 1. The fourth-order valence-electron chi connectivity index (χ4n) is 1.87. The molecule has 2 atom stereocenters. The van der Waals surface area contributed by atoms with Gasteiger partial charge in [0, 0.05) is 25.6 Å². The maximum absolute atomic E-state index is 11.9. The molecule has 5 heteroatoms. The van der Waals surface area contributed by atoms with Crippen molar-refractivity contribution in [2.24, 2.45) is 11.7 Å². The van der Waals surface area contributed by atoms with Gasteiger partial charge in [-0.1, -0.05) is 13.8 Å². The first-order chi connectivity index (χ1) is 7.91. The van der Waals surface area contributed by atoms with Crippen LogP contribution in [0.5, 0.6) is 0 Å². The van der Waals surface area contributed by atoms with Gasteiger partial charge in [0.05, 0.1) is 0 Å². The summed E-state index contributed by atoms with van der Waals surface area (Å²) in [5, 5.41) is 2.84. The Morgan fingerprint density at radius 3 is 2.76 bits per heavy atom. The molecular weight excluding hydrogens is 218 g/mol. The van der Waals surface area contributed by atoms with E-state index in [-0.39, 0.29) is 17.9 Å². The van der Waals surface area contributed by atoms with Crippen LogP contribution >= 0.6 is 0 Å². The van der Waals surface area contributed by atoms with E-state index in [4.69, 9.17) is 5.73 Å². The molecule has 3 N–H and O–H groups in total. The molecule has 0 aromatic carbocycles. The fourth-order valence-corrected chi connectivity index (χ4v) is 1.87. The van der Waals surface area contributed by atoms with Gasteiger partial charge in [0.1, 0.15) is 6.04 Å². The van der Waals surface area contributed by atoms with Crippen LogP contribution in [0.25, 0.3) is 0 Å². The Kier molecular flexibility index (Phi) is 4.93. The van der Waals surface area contributed by atoms with Crippen LogP contribution < -0.4 is 11.1 Å². The normalized spacial score (nSPS) is 22.8. The number of amides is 2. The molecule has 1 saturated heterocycles. The molecule has 1 aliphatic rings. The Balaban J connectivity index is 2.52. The average molecular weight is 241 g/mol. The number of carbonyl (C=O) groups is 2. The van der Waals surface area contributed by atoms with Gasteiger partial charge in [0.2, 0.25) is 11.8 Å². The SMILES string of the molecule is CC(C)CNC(=O)[C@H](C)N1C[C@H](N)CCC1=O. The van der Waals surface area contributed by atoms with Gasteiger partial charge in [0.25, 0.3) is 0 Å². The second-order valence-corrected chi connectivity index (χ2v) is 5.16. The van der Waals surface area contributed by atoms with Crippen LogP contribution in [0.15, 0.2) is 0 Å². The van der Waals surface area contributed by atoms with E-state index in [0.717, 1.165) is 6.42 Å². The highest BCUT2D eigenvalue weighted by Gasteiger charge is 2.30. The third kappa shape index (κ3) is 4.00. The van der Waals surface area contributed by atoms with Crippen molar-refractivity contribution >= 4 is 11.8 Å². The lowest BCUT2D eigenvalue weighted by Gasteiger charge is -2.34. The minimum Gasteiger partial charge on any atom is -0.354 e.